The Balaban J connectivity index is 1.31. The van der Waals surface area contributed by atoms with E-state index in [1.165, 1.54) is 5.56 Å². The molecule has 1 saturated heterocycles. The summed E-state index contributed by atoms with van der Waals surface area (Å²) in [7, 11) is 0. The molecule has 1 N–H and O–H groups in total. The molecule has 0 radical (unpaired) electrons. The number of hydrogen-bond donors (Lipinski definition) is 1. The highest BCUT2D eigenvalue weighted by Crippen LogP contribution is 2.40. The molecule has 2 unspecified atom stereocenters. The third-order valence-electron chi connectivity index (χ3n) is 6.34. The molecule has 0 aliphatic carbocycles. The summed E-state index contributed by atoms with van der Waals surface area (Å²) in [6, 6.07) is 12.6. The van der Waals surface area contributed by atoms with Crippen molar-refractivity contribution in [2.75, 3.05) is 26.4 Å². The fraction of sp³-hybridized carbons (Fsp3) is 0.360. The van der Waals surface area contributed by atoms with Crippen LogP contribution in [0.15, 0.2) is 48.8 Å². The van der Waals surface area contributed by atoms with Crippen LogP contribution in [-0.4, -0.2) is 41.6 Å². The van der Waals surface area contributed by atoms with Gasteiger partial charge < -0.3 is 14.2 Å². The summed E-state index contributed by atoms with van der Waals surface area (Å²) in [6.45, 7) is 3.04. The maximum atomic E-state index is 6.30. The van der Waals surface area contributed by atoms with Crippen LogP contribution in [0.5, 0.6) is 11.5 Å². The lowest BCUT2D eigenvalue weighted by molar-refractivity contribution is 0.178. The van der Waals surface area contributed by atoms with Gasteiger partial charge in [-0.3, -0.25) is 5.10 Å². The average molecular weight is 448 g/mol. The minimum absolute atomic E-state index is 0.253. The highest BCUT2D eigenvalue weighted by molar-refractivity contribution is 7.18. The Bertz CT molecular complexity index is 1210. The Labute approximate surface area is 190 Å². The molecular weight excluding hydrogens is 422 g/mol. The topological polar surface area (TPSA) is 69.3 Å². The molecule has 4 heterocycles. The first kappa shape index (κ1) is 19.8. The highest BCUT2D eigenvalue weighted by Gasteiger charge is 2.25. The predicted molar refractivity (Wildman–Crippen MR) is 125 cm³/mol. The number of nitrogens with zero attached hydrogens (tertiary/aromatic N) is 2. The van der Waals surface area contributed by atoms with Gasteiger partial charge in [-0.25, -0.2) is 4.98 Å². The van der Waals surface area contributed by atoms with E-state index in [0.29, 0.717) is 19.1 Å². The van der Waals surface area contributed by atoms with Gasteiger partial charge in [0.05, 0.1) is 24.1 Å². The van der Waals surface area contributed by atoms with Crippen LogP contribution in [0, 0.1) is 5.92 Å². The molecule has 2 aliphatic heterocycles. The normalized spacial score (nSPS) is 20.2. The molecule has 1 fully saturated rings. The lowest BCUT2D eigenvalue weighted by Gasteiger charge is -2.23. The van der Waals surface area contributed by atoms with Crippen molar-refractivity contribution in [1.29, 1.82) is 0 Å². The number of para-hydroxylation sites is 1. The van der Waals surface area contributed by atoms with Gasteiger partial charge in [0.2, 0.25) is 0 Å². The van der Waals surface area contributed by atoms with E-state index in [1.54, 1.807) is 11.3 Å². The molecule has 2 atom stereocenters. The van der Waals surface area contributed by atoms with E-state index in [9.17, 15) is 0 Å². The summed E-state index contributed by atoms with van der Waals surface area (Å²) in [5.74, 6) is 2.68. The van der Waals surface area contributed by atoms with Crippen molar-refractivity contribution in [2.45, 2.75) is 25.2 Å². The van der Waals surface area contributed by atoms with Crippen LogP contribution in [0.25, 0.3) is 21.3 Å². The van der Waals surface area contributed by atoms with Crippen molar-refractivity contribution in [3.05, 3.63) is 59.4 Å². The maximum absolute atomic E-state index is 6.30. The summed E-state index contributed by atoms with van der Waals surface area (Å²) < 4.78 is 19.0. The highest BCUT2D eigenvalue weighted by atomic mass is 32.1. The molecule has 0 amide bonds. The fourth-order valence-corrected chi connectivity index (χ4v) is 5.62. The molecule has 2 aromatic heterocycles. The molecule has 164 valence electrons. The number of nitrogens with one attached hydrogen (secondary N) is 1. The molecule has 0 spiro atoms. The Kier molecular flexibility index (Phi) is 5.29. The summed E-state index contributed by atoms with van der Waals surface area (Å²) in [6.07, 6.45) is 6.82. The summed E-state index contributed by atoms with van der Waals surface area (Å²) in [4.78, 5) is 5.05. The van der Waals surface area contributed by atoms with Gasteiger partial charge in [0.15, 0.2) is 0 Å². The number of rotatable bonds is 6. The van der Waals surface area contributed by atoms with Gasteiger partial charge in [-0.1, -0.05) is 18.2 Å². The van der Waals surface area contributed by atoms with Crippen LogP contribution in [0.4, 0.5) is 0 Å². The van der Waals surface area contributed by atoms with E-state index in [-0.39, 0.29) is 5.92 Å². The summed E-state index contributed by atoms with van der Waals surface area (Å²) in [5.41, 5.74) is 4.33. The second-order valence-corrected chi connectivity index (χ2v) is 9.61. The molecular formula is C25H25N3O3S. The Morgan fingerprint density at radius 2 is 2.12 bits per heavy atom. The van der Waals surface area contributed by atoms with Gasteiger partial charge in [-0.15, -0.1) is 11.3 Å². The summed E-state index contributed by atoms with van der Waals surface area (Å²) >= 11 is 1.74. The number of aromatic nitrogens is 3. The standard InChI is InChI=1S/C25H25N3O3S/c1-2-4-21-17(3-1)9-19(15-31-21)25-28-24-22(30-8-6-16-5-7-29-14-16)10-18(11-23(24)32-25)20-12-26-27-13-20/h1-4,10-13,16,19H,5-9,14-15H2,(H,26,27). The monoisotopic (exact) mass is 447 g/mol. The quantitative estimate of drug-likeness (QED) is 0.439. The third-order valence-corrected chi connectivity index (χ3v) is 7.51. The Morgan fingerprint density at radius 1 is 1.16 bits per heavy atom. The number of thiazole rings is 1. The van der Waals surface area contributed by atoms with Crippen molar-refractivity contribution in [1.82, 2.24) is 15.2 Å². The predicted octanol–water partition coefficient (Wildman–Crippen LogP) is 5.21. The molecule has 7 heteroatoms. The summed E-state index contributed by atoms with van der Waals surface area (Å²) in [5, 5.41) is 8.13. The minimum Gasteiger partial charge on any atom is -0.493 e. The number of fused-ring (bicyclic) bond motifs is 2. The van der Waals surface area contributed by atoms with E-state index < -0.39 is 0 Å². The molecule has 2 aromatic carbocycles. The molecule has 6 rings (SSSR count). The number of aromatic amines is 1. The number of H-pyrrole nitrogens is 1. The zero-order valence-electron chi connectivity index (χ0n) is 17.8. The van der Waals surface area contributed by atoms with E-state index in [2.05, 4.69) is 34.5 Å². The van der Waals surface area contributed by atoms with Gasteiger partial charge in [0, 0.05) is 30.9 Å². The molecule has 0 saturated carbocycles. The second kappa shape index (κ2) is 8.56. The van der Waals surface area contributed by atoms with Crippen LogP contribution in [0.1, 0.15) is 29.3 Å². The zero-order valence-corrected chi connectivity index (χ0v) is 18.6. The third kappa shape index (κ3) is 3.87. The van der Waals surface area contributed by atoms with Crippen molar-refractivity contribution in [3.63, 3.8) is 0 Å². The van der Waals surface area contributed by atoms with Crippen molar-refractivity contribution in [2.24, 2.45) is 5.92 Å². The Morgan fingerprint density at radius 3 is 3.00 bits per heavy atom. The first-order valence-electron chi connectivity index (χ1n) is 11.2. The minimum atomic E-state index is 0.253. The van der Waals surface area contributed by atoms with Crippen LogP contribution in [-0.2, 0) is 11.2 Å². The largest absolute Gasteiger partial charge is 0.493 e. The SMILES string of the molecule is c1ccc2c(c1)CC(c1nc3c(OCCC4CCOC4)cc(-c4cn[nH]c4)cc3s1)CO2. The van der Waals surface area contributed by atoms with E-state index in [1.807, 2.05) is 24.5 Å². The van der Waals surface area contributed by atoms with Crippen LogP contribution < -0.4 is 9.47 Å². The lowest BCUT2D eigenvalue weighted by Crippen LogP contribution is -2.18. The number of benzene rings is 2. The Hall–Kier alpha value is -2.90. The molecule has 4 aromatic rings. The van der Waals surface area contributed by atoms with Crippen LogP contribution >= 0.6 is 11.3 Å². The molecule has 2 aliphatic rings. The first-order valence-corrected chi connectivity index (χ1v) is 12.0. The van der Waals surface area contributed by atoms with E-state index >= 15 is 0 Å². The lowest BCUT2D eigenvalue weighted by atomic mass is 9.97. The van der Waals surface area contributed by atoms with Gasteiger partial charge in [-0.05, 0) is 54.5 Å². The molecule has 32 heavy (non-hydrogen) atoms. The first-order chi connectivity index (χ1) is 15.8. The van der Waals surface area contributed by atoms with Crippen LogP contribution in [0.3, 0.4) is 0 Å². The fourth-order valence-electron chi connectivity index (χ4n) is 4.51. The number of hydrogen-bond acceptors (Lipinski definition) is 6. The second-order valence-electron chi connectivity index (χ2n) is 8.55. The molecule has 0 bridgehead atoms. The van der Waals surface area contributed by atoms with Crippen LogP contribution in [0.2, 0.25) is 0 Å². The smallest absolute Gasteiger partial charge is 0.147 e. The van der Waals surface area contributed by atoms with Crippen molar-refractivity contribution < 1.29 is 14.2 Å². The van der Waals surface area contributed by atoms with Crippen molar-refractivity contribution >= 4 is 21.6 Å². The zero-order chi connectivity index (χ0) is 21.3. The van der Waals surface area contributed by atoms with E-state index in [4.69, 9.17) is 19.2 Å². The van der Waals surface area contributed by atoms with Gasteiger partial charge in [0.25, 0.3) is 0 Å². The average Bonchev–Trinajstić information content (AvgIpc) is 3.60. The van der Waals surface area contributed by atoms with Gasteiger partial charge >= 0.3 is 0 Å². The van der Waals surface area contributed by atoms with Gasteiger partial charge in [0.1, 0.15) is 22.0 Å². The number of ether oxygens (including phenoxy) is 3. The molecule has 6 nitrogen and oxygen atoms in total. The van der Waals surface area contributed by atoms with Gasteiger partial charge in [-0.2, -0.15) is 5.10 Å². The van der Waals surface area contributed by atoms with Crippen molar-refractivity contribution in [3.8, 4) is 22.6 Å². The maximum Gasteiger partial charge on any atom is 0.147 e. The van der Waals surface area contributed by atoms with E-state index in [0.717, 1.165) is 70.3 Å².